The highest BCUT2D eigenvalue weighted by Gasteiger charge is 2.14. The van der Waals surface area contributed by atoms with E-state index in [9.17, 15) is 9.90 Å². The highest BCUT2D eigenvalue weighted by atomic mass is 35.5. The molecule has 3 rings (SSSR count). The van der Waals surface area contributed by atoms with Gasteiger partial charge in [0.2, 0.25) is 0 Å². The lowest BCUT2D eigenvalue weighted by atomic mass is 10.0. The molecule has 0 amide bonds. The number of nitrogens with zero attached hydrogens (tertiary/aromatic N) is 1. The summed E-state index contributed by atoms with van der Waals surface area (Å²) >= 11 is 6.09. The standard InChI is InChI=1S/C16H14ClNO3/c1-9-3-4-10(7-12(9)17)15(19)11-5-6-13-14(8-11)21-16(20)18(13)2/h3-8,15,19H,1-2H3. The third-order valence-electron chi connectivity index (χ3n) is 3.64. The van der Waals surface area contributed by atoms with Crippen molar-refractivity contribution in [2.75, 3.05) is 0 Å². The molecule has 0 aliphatic heterocycles. The Hall–Kier alpha value is -2.04. The molecule has 1 unspecified atom stereocenters. The molecule has 108 valence electrons. The van der Waals surface area contributed by atoms with Crippen LogP contribution in [-0.4, -0.2) is 9.67 Å². The summed E-state index contributed by atoms with van der Waals surface area (Å²) in [6.07, 6.45) is -0.821. The van der Waals surface area contributed by atoms with Crippen LogP contribution in [0.4, 0.5) is 0 Å². The zero-order valence-corrected chi connectivity index (χ0v) is 12.4. The lowest BCUT2D eigenvalue weighted by molar-refractivity contribution is 0.220. The lowest BCUT2D eigenvalue weighted by Crippen LogP contribution is -2.08. The molecule has 1 atom stereocenters. The number of hydrogen-bond acceptors (Lipinski definition) is 3. The number of aliphatic hydroxyl groups is 1. The number of aromatic nitrogens is 1. The SMILES string of the molecule is Cc1ccc(C(O)c2ccc3c(c2)oc(=O)n3C)cc1Cl. The summed E-state index contributed by atoms with van der Waals surface area (Å²) in [6, 6.07) is 10.6. The van der Waals surface area contributed by atoms with Crippen molar-refractivity contribution in [3.05, 3.63) is 68.7 Å². The Labute approximate surface area is 126 Å². The molecule has 0 saturated carbocycles. The molecule has 0 spiro atoms. The third kappa shape index (κ3) is 2.37. The van der Waals surface area contributed by atoms with Gasteiger partial charge in [0, 0.05) is 12.1 Å². The van der Waals surface area contributed by atoms with Gasteiger partial charge in [-0.3, -0.25) is 4.57 Å². The summed E-state index contributed by atoms with van der Waals surface area (Å²) in [5, 5.41) is 11.1. The van der Waals surface area contributed by atoms with Crippen LogP contribution in [0.15, 0.2) is 45.6 Å². The first kappa shape index (κ1) is 13.9. The van der Waals surface area contributed by atoms with Crippen molar-refractivity contribution < 1.29 is 9.52 Å². The van der Waals surface area contributed by atoms with Crippen molar-refractivity contribution >= 4 is 22.7 Å². The van der Waals surface area contributed by atoms with Gasteiger partial charge >= 0.3 is 5.76 Å². The number of aryl methyl sites for hydroxylation is 2. The largest absolute Gasteiger partial charge is 0.419 e. The molecule has 1 aromatic heterocycles. The topological polar surface area (TPSA) is 55.4 Å². The van der Waals surface area contributed by atoms with Gasteiger partial charge in [-0.1, -0.05) is 29.8 Å². The van der Waals surface area contributed by atoms with Crippen molar-refractivity contribution in [3.63, 3.8) is 0 Å². The predicted molar refractivity (Wildman–Crippen MR) is 81.7 cm³/mol. The highest BCUT2D eigenvalue weighted by molar-refractivity contribution is 6.31. The fourth-order valence-corrected chi connectivity index (χ4v) is 2.48. The van der Waals surface area contributed by atoms with E-state index >= 15 is 0 Å². The molecule has 0 bridgehead atoms. The molecule has 3 aromatic rings. The second-order valence-electron chi connectivity index (χ2n) is 5.07. The van der Waals surface area contributed by atoms with E-state index < -0.39 is 11.9 Å². The van der Waals surface area contributed by atoms with Crippen molar-refractivity contribution in [2.45, 2.75) is 13.0 Å². The average molecular weight is 304 g/mol. The van der Waals surface area contributed by atoms with E-state index in [0.717, 1.165) is 5.56 Å². The van der Waals surface area contributed by atoms with Crippen molar-refractivity contribution in [1.29, 1.82) is 0 Å². The lowest BCUT2D eigenvalue weighted by Gasteiger charge is -2.12. The van der Waals surface area contributed by atoms with Gasteiger partial charge in [0.15, 0.2) is 5.58 Å². The molecule has 1 heterocycles. The summed E-state index contributed by atoms with van der Waals surface area (Å²) in [4.78, 5) is 11.5. The summed E-state index contributed by atoms with van der Waals surface area (Å²) < 4.78 is 6.56. The summed E-state index contributed by atoms with van der Waals surface area (Å²) in [7, 11) is 1.64. The number of fused-ring (bicyclic) bond motifs is 1. The molecule has 0 radical (unpaired) electrons. The molecule has 0 saturated heterocycles. The Morgan fingerprint density at radius 2 is 1.86 bits per heavy atom. The number of halogens is 1. The van der Waals surface area contributed by atoms with Crippen LogP contribution in [0.25, 0.3) is 11.1 Å². The van der Waals surface area contributed by atoms with Crippen molar-refractivity contribution in [3.8, 4) is 0 Å². The maximum Gasteiger partial charge on any atom is 0.419 e. The summed E-state index contributed by atoms with van der Waals surface area (Å²) in [5.41, 5.74) is 3.45. The Bertz CT molecular complexity index is 879. The van der Waals surface area contributed by atoms with E-state index in [1.54, 1.807) is 31.3 Å². The van der Waals surface area contributed by atoms with Crippen LogP contribution in [0.2, 0.25) is 5.02 Å². The molecule has 0 aliphatic carbocycles. The molecule has 1 N–H and O–H groups in total. The molecular weight excluding hydrogens is 290 g/mol. The minimum atomic E-state index is -0.821. The summed E-state index contributed by atoms with van der Waals surface area (Å²) in [6.45, 7) is 1.91. The van der Waals surface area contributed by atoms with E-state index in [1.165, 1.54) is 4.57 Å². The van der Waals surface area contributed by atoms with Crippen LogP contribution < -0.4 is 5.76 Å². The van der Waals surface area contributed by atoms with Gasteiger partial charge in [0.05, 0.1) is 5.52 Å². The molecule has 4 nitrogen and oxygen atoms in total. The van der Waals surface area contributed by atoms with E-state index in [2.05, 4.69) is 0 Å². The normalized spacial score (nSPS) is 12.8. The van der Waals surface area contributed by atoms with E-state index in [0.29, 0.717) is 27.2 Å². The Balaban J connectivity index is 2.06. The second-order valence-corrected chi connectivity index (χ2v) is 5.47. The van der Waals surface area contributed by atoms with Crippen molar-refractivity contribution in [1.82, 2.24) is 4.57 Å². The van der Waals surface area contributed by atoms with Gasteiger partial charge in [-0.15, -0.1) is 0 Å². The molecule has 21 heavy (non-hydrogen) atoms. The van der Waals surface area contributed by atoms with Crippen LogP contribution in [0.3, 0.4) is 0 Å². The maximum absolute atomic E-state index is 11.5. The van der Waals surface area contributed by atoms with Crippen LogP contribution in [0, 0.1) is 6.92 Å². The Kier molecular flexibility index (Phi) is 3.35. The molecular formula is C16H14ClNO3. The summed E-state index contributed by atoms with van der Waals surface area (Å²) in [5.74, 6) is -0.421. The minimum Gasteiger partial charge on any atom is -0.408 e. The first-order chi connectivity index (χ1) is 9.97. The molecule has 2 aromatic carbocycles. The van der Waals surface area contributed by atoms with Gasteiger partial charge in [-0.2, -0.15) is 0 Å². The van der Waals surface area contributed by atoms with Gasteiger partial charge in [-0.25, -0.2) is 4.79 Å². The number of aliphatic hydroxyl groups excluding tert-OH is 1. The van der Waals surface area contributed by atoms with E-state index in [1.807, 2.05) is 19.1 Å². The monoisotopic (exact) mass is 303 g/mol. The predicted octanol–water partition coefficient (Wildman–Crippen LogP) is 3.18. The number of rotatable bonds is 2. The zero-order valence-electron chi connectivity index (χ0n) is 11.6. The quantitative estimate of drug-likeness (QED) is 0.791. The Morgan fingerprint density at radius 1 is 1.19 bits per heavy atom. The van der Waals surface area contributed by atoms with Crippen LogP contribution >= 0.6 is 11.6 Å². The first-order valence-electron chi connectivity index (χ1n) is 6.51. The molecule has 0 fully saturated rings. The van der Waals surface area contributed by atoms with Crippen LogP contribution in [-0.2, 0) is 7.05 Å². The molecule has 0 aliphatic rings. The molecule has 5 heteroatoms. The fraction of sp³-hybridized carbons (Fsp3) is 0.188. The van der Waals surface area contributed by atoms with Gasteiger partial charge in [-0.05, 0) is 41.8 Å². The number of hydrogen-bond donors (Lipinski definition) is 1. The number of oxazole rings is 1. The average Bonchev–Trinajstić information content (AvgIpc) is 2.76. The van der Waals surface area contributed by atoms with Gasteiger partial charge in [0.25, 0.3) is 0 Å². The second kappa shape index (κ2) is 5.06. The van der Waals surface area contributed by atoms with Gasteiger partial charge in [0.1, 0.15) is 6.10 Å². The number of benzene rings is 2. The first-order valence-corrected chi connectivity index (χ1v) is 6.89. The van der Waals surface area contributed by atoms with E-state index in [4.69, 9.17) is 16.0 Å². The Morgan fingerprint density at radius 3 is 2.57 bits per heavy atom. The van der Waals surface area contributed by atoms with Crippen molar-refractivity contribution in [2.24, 2.45) is 7.05 Å². The zero-order chi connectivity index (χ0) is 15.1. The smallest absolute Gasteiger partial charge is 0.408 e. The highest BCUT2D eigenvalue weighted by Crippen LogP contribution is 2.28. The maximum atomic E-state index is 11.5. The van der Waals surface area contributed by atoms with Crippen LogP contribution in [0.1, 0.15) is 22.8 Å². The minimum absolute atomic E-state index is 0.421. The van der Waals surface area contributed by atoms with Crippen LogP contribution in [0.5, 0.6) is 0 Å². The fourth-order valence-electron chi connectivity index (χ4n) is 2.29. The third-order valence-corrected chi connectivity index (χ3v) is 4.05. The van der Waals surface area contributed by atoms with E-state index in [-0.39, 0.29) is 0 Å². The van der Waals surface area contributed by atoms with Gasteiger partial charge < -0.3 is 9.52 Å².